The van der Waals surface area contributed by atoms with Crippen LogP contribution in [0.2, 0.25) is 10.0 Å². The predicted molar refractivity (Wildman–Crippen MR) is 94.4 cm³/mol. The predicted octanol–water partition coefficient (Wildman–Crippen LogP) is 3.62. The Morgan fingerprint density at radius 2 is 1.58 bits per heavy atom. The number of nitrogens with one attached hydrogen (secondary N) is 1. The molecule has 0 aliphatic heterocycles. The van der Waals surface area contributed by atoms with Crippen LogP contribution in [-0.4, -0.2) is 41.8 Å². The minimum Gasteiger partial charge on any atom is -0.490 e. The molecule has 0 atom stereocenters. The summed E-state index contributed by atoms with van der Waals surface area (Å²) in [5.41, 5.74) is 1.04. The van der Waals surface area contributed by atoms with Gasteiger partial charge in [-0.3, -0.25) is 0 Å². The summed E-state index contributed by atoms with van der Waals surface area (Å²) in [5, 5.41) is 19.3. The summed E-state index contributed by atoms with van der Waals surface area (Å²) in [5.74, 6) is -3.05. The number of hydrogen-bond acceptors (Lipinski definition) is 4. The van der Waals surface area contributed by atoms with Gasteiger partial charge < -0.3 is 20.3 Å². The van der Waals surface area contributed by atoms with Crippen LogP contribution in [0.3, 0.4) is 0 Å². The molecular weight excluding hydrogens is 357 g/mol. The van der Waals surface area contributed by atoms with E-state index in [2.05, 4.69) is 12.2 Å². The van der Waals surface area contributed by atoms with Gasteiger partial charge in [0.25, 0.3) is 0 Å². The van der Waals surface area contributed by atoms with E-state index in [0.717, 1.165) is 25.1 Å². The highest BCUT2D eigenvalue weighted by atomic mass is 35.5. The van der Waals surface area contributed by atoms with Gasteiger partial charge in [-0.2, -0.15) is 0 Å². The molecule has 0 radical (unpaired) electrons. The normalized spacial score (nSPS) is 9.83. The van der Waals surface area contributed by atoms with E-state index in [9.17, 15) is 0 Å². The van der Waals surface area contributed by atoms with Crippen LogP contribution in [0.25, 0.3) is 0 Å². The van der Waals surface area contributed by atoms with E-state index in [1.165, 1.54) is 12.8 Å². The molecule has 0 saturated heterocycles. The molecule has 0 saturated carbocycles. The molecule has 3 N–H and O–H groups in total. The van der Waals surface area contributed by atoms with Gasteiger partial charge >= 0.3 is 11.9 Å². The molecule has 0 unspecified atom stereocenters. The molecule has 0 spiro atoms. The summed E-state index contributed by atoms with van der Waals surface area (Å²) in [6.45, 7) is 6.80. The van der Waals surface area contributed by atoms with Crippen molar-refractivity contribution in [2.24, 2.45) is 0 Å². The first-order chi connectivity index (χ1) is 11.3. The van der Waals surface area contributed by atoms with Crippen molar-refractivity contribution in [1.82, 2.24) is 5.32 Å². The average Bonchev–Trinajstić information content (AvgIpc) is 2.49. The first-order valence-corrected chi connectivity index (χ1v) is 8.30. The van der Waals surface area contributed by atoms with Crippen LogP contribution in [0.5, 0.6) is 5.75 Å². The molecule has 0 aliphatic carbocycles. The third-order valence-corrected chi connectivity index (χ3v) is 3.34. The Labute approximate surface area is 151 Å². The fourth-order valence-corrected chi connectivity index (χ4v) is 2.33. The number of aliphatic carboxylic acids is 2. The zero-order chi connectivity index (χ0) is 18.5. The van der Waals surface area contributed by atoms with Gasteiger partial charge in [0.2, 0.25) is 0 Å². The second kappa shape index (κ2) is 12.9. The molecule has 136 valence electrons. The zero-order valence-corrected chi connectivity index (χ0v) is 15.3. The molecule has 6 nitrogen and oxygen atoms in total. The smallest absolute Gasteiger partial charge is 0.414 e. The summed E-state index contributed by atoms with van der Waals surface area (Å²) in [4.78, 5) is 18.2. The van der Waals surface area contributed by atoms with Gasteiger partial charge in [-0.1, -0.05) is 36.5 Å². The maximum atomic E-state index is 9.10. The van der Waals surface area contributed by atoms with E-state index in [0.29, 0.717) is 22.4 Å². The van der Waals surface area contributed by atoms with E-state index in [1.54, 1.807) is 0 Å². The van der Waals surface area contributed by atoms with Gasteiger partial charge in [-0.05, 0) is 50.6 Å². The van der Waals surface area contributed by atoms with Gasteiger partial charge in [0, 0.05) is 0 Å². The molecule has 0 bridgehead atoms. The maximum absolute atomic E-state index is 9.10. The van der Waals surface area contributed by atoms with E-state index >= 15 is 0 Å². The van der Waals surface area contributed by atoms with E-state index < -0.39 is 11.9 Å². The molecule has 0 amide bonds. The van der Waals surface area contributed by atoms with E-state index in [-0.39, 0.29) is 0 Å². The van der Waals surface area contributed by atoms with Crippen molar-refractivity contribution < 1.29 is 24.5 Å². The topological polar surface area (TPSA) is 95.9 Å². The van der Waals surface area contributed by atoms with E-state index in [1.807, 2.05) is 19.1 Å². The van der Waals surface area contributed by atoms with Crippen LogP contribution in [-0.2, 0) is 9.59 Å². The summed E-state index contributed by atoms with van der Waals surface area (Å²) >= 11 is 12.2. The Morgan fingerprint density at radius 1 is 1.08 bits per heavy atom. The monoisotopic (exact) mass is 379 g/mol. The quantitative estimate of drug-likeness (QED) is 0.471. The molecule has 0 fully saturated rings. The molecule has 8 heteroatoms. The number of hydrogen-bond donors (Lipinski definition) is 3. The molecule has 0 heterocycles. The molecule has 1 aromatic carbocycles. The molecule has 0 aliphatic rings. The van der Waals surface area contributed by atoms with Crippen LogP contribution in [0.15, 0.2) is 12.1 Å². The number of rotatable bonds is 8. The lowest BCUT2D eigenvalue weighted by atomic mass is 10.2. The Bertz CT molecular complexity index is 502. The lowest BCUT2D eigenvalue weighted by molar-refractivity contribution is -0.159. The van der Waals surface area contributed by atoms with Crippen LogP contribution in [0.4, 0.5) is 0 Å². The van der Waals surface area contributed by atoms with Crippen molar-refractivity contribution in [3.05, 3.63) is 27.7 Å². The second-order valence-electron chi connectivity index (χ2n) is 4.97. The summed E-state index contributed by atoms with van der Waals surface area (Å²) < 4.78 is 5.63. The van der Waals surface area contributed by atoms with Crippen molar-refractivity contribution >= 4 is 35.1 Å². The Balaban J connectivity index is 0.000000754. The minimum atomic E-state index is -1.82. The number of carbonyl (C=O) groups is 2. The number of aryl methyl sites for hydroxylation is 1. The molecule has 24 heavy (non-hydrogen) atoms. The second-order valence-corrected chi connectivity index (χ2v) is 5.79. The Hall–Kier alpha value is -1.50. The van der Waals surface area contributed by atoms with Crippen LogP contribution >= 0.6 is 23.2 Å². The standard InChI is InChI=1S/C14H21Cl2NO.C2H2O4/c1-3-4-6-17-7-5-8-18-14-12(15)9-11(2)10-13(14)16;3-1(4)2(5)6/h9-10,17H,3-8H2,1-2H3;(H,3,4)(H,5,6). The number of carboxylic acids is 2. The van der Waals surface area contributed by atoms with Crippen molar-refractivity contribution in [2.45, 2.75) is 33.1 Å². The summed E-state index contributed by atoms with van der Waals surface area (Å²) in [6, 6.07) is 3.73. The highest BCUT2D eigenvalue weighted by Crippen LogP contribution is 2.33. The maximum Gasteiger partial charge on any atom is 0.414 e. The highest BCUT2D eigenvalue weighted by Gasteiger charge is 2.07. The summed E-state index contributed by atoms with van der Waals surface area (Å²) in [7, 11) is 0. The lowest BCUT2D eigenvalue weighted by Crippen LogP contribution is -2.18. The average molecular weight is 380 g/mol. The summed E-state index contributed by atoms with van der Waals surface area (Å²) in [6.07, 6.45) is 3.39. The first kappa shape index (κ1) is 22.5. The van der Waals surface area contributed by atoms with Crippen molar-refractivity contribution in [3.8, 4) is 5.75 Å². The van der Waals surface area contributed by atoms with E-state index in [4.69, 9.17) is 47.7 Å². The first-order valence-electron chi connectivity index (χ1n) is 7.55. The van der Waals surface area contributed by atoms with Gasteiger partial charge in [0.15, 0.2) is 5.75 Å². The van der Waals surface area contributed by atoms with Crippen molar-refractivity contribution in [3.63, 3.8) is 0 Å². The molecule has 0 aromatic heterocycles. The molecule has 1 rings (SSSR count). The zero-order valence-electron chi connectivity index (χ0n) is 13.8. The number of halogens is 2. The van der Waals surface area contributed by atoms with Gasteiger partial charge in [0.1, 0.15) is 0 Å². The molecular formula is C16H23Cl2NO5. The Morgan fingerprint density at radius 3 is 2.04 bits per heavy atom. The fourth-order valence-electron chi connectivity index (χ4n) is 1.62. The fraction of sp³-hybridized carbons (Fsp3) is 0.500. The SMILES string of the molecule is CCCCNCCCOc1c(Cl)cc(C)cc1Cl.O=C(O)C(=O)O. The van der Waals surface area contributed by atoms with Gasteiger partial charge in [-0.15, -0.1) is 0 Å². The third-order valence-electron chi connectivity index (χ3n) is 2.78. The van der Waals surface area contributed by atoms with Crippen LogP contribution in [0.1, 0.15) is 31.7 Å². The molecule has 1 aromatic rings. The van der Waals surface area contributed by atoms with Crippen molar-refractivity contribution in [1.29, 1.82) is 0 Å². The third kappa shape index (κ3) is 10.3. The van der Waals surface area contributed by atoms with Crippen LogP contribution in [0, 0.1) is 6.92 Å². The largest absolute Gasteiger partial charge is 0.490 e. The van der Waals surface area contributed by atoms with Gasteiger partial charge in [0.05, 0.1) is 16.7 Å². The number of carboxylic acid groups (broad SMARTS) is 2. The van der Waals surface area contributed by atoms with Gasteiger partial charge in [-0.25, -0.2) is 9.59 Å². The lowest BCUT2D eigenvalue weighted by Gasteiger charge is -2.11. The Kier molecular flexibility index (Phi) is 12.1. The number of unbranched alkanes of at least 4 members (excludes halogenated alkanes) is 1. The number of ether oxygens (including phenoxy) is 1. The highest BCUT2D eigenvalue weighted by molar-refractivity contribution is 6.37. The van der Waals surface area contributed by atoms with Crippen LogP contribution < -0.4 is 10.1 Å². The minimum absolute atomic E-state index is 0.582. The number of benzene rings is 1. The van der Waals surface area contributed by atoms with Crippen molar-refractivity contribution in [2.75, 3.05) is 19.7 Å².